The summed E-state index contributed by atoms with van der Waals surface area (Å²) in [6.45, 7) is 2.72. The lowest BCUT2D eigenvalue weighted by Gasteiger charge is -2.57. The van der Waals surface area contributed by atoms with Crippen molar-refractivity contribution >= 4 is 11.7 Å². The van der Waals surface area contributed by atoms with E-state index in [2.05, 4.69) is 20.2 Å². The number of carbonyl (C=O) groups excluding carboxylic acids is 1. The maximum absolute atomic E-state index is 12.8. The van der Waals surface area contributed by atoms with Crippen molar-refractivity contribution in [1.82, 2.24) is 15.3 Å². The molecule has 5 heteroatoms. The lowest BCUT2D eigenvalue weighted by Crippen LogP contribution is -2.52. The minimum Gasteiger partial charge on any atom is -0.355 e. The highest BCUT2D eigenvalue weighted by molar-refractivity contribution is 5.79. The van der Waals surface area contributed by atoms with Crippen LogP contribution in [-0.2, 0) is 4.79 Å². The first-order chi connectivity index (χ1) is 12.7. The van der Waals surface area contributed by atoms with Crippen LogP contribution in [0, 0.1) is 29.1 Å². The van der Waals surface area contributed by atoms with Crippen molar-refractivity contribution in [3.63, 3.8) is 0 Å². The number of nitrogens with zero attached hydrogens (tertiary/aromatic N) is 3. The fourth-order valence-electron chi connectivity index (χ4n) is 6.75. The molecular formula is C21H30N4O. The molecule has 0 spiro atoms. The molecule has 4 saturated carbocycles. The lowest BCUT2D eigenvalue weighted by atomic mass is 9.49. The van der Waals surface area contributed by atoms with Crippen LogP contribution in [0.25, 0.3) is 0 Å². The van der Waals surface area contributed by atoms with Gasteiger partial charge in [-0.05, 0) is 74.5 Å². The van der Waals surface area contributed by atoms with E-state index in [9.17, 15) is 4.79 Å². The van der Waals surface area contributed by atoms with Crippen molar-refractivity contribution in [2.75, 3.05) is 24.5 Å². The van der Waals surface area contributed by atoms with Crippen molar-refractivity contribution in [3.05, 3.63) is 18.6 Å². The van der Waals surface area contributed by atoms with Crippen LogP contribution in [0.5, 0.6) is 0 Å². The summed E-state index contributed by atoms with van der Waals surface area (Å²) in [5, 5.41) is 3.38. The molecule has 1 amide bonds. The molecule has 1 aromatic heterocycles. The quantitative estimate of drug-likeness (QED) is 0.903. The van der Waals surface area contributed by atoms with E-state index in [4.69, 9.17) is 0 Å². The molecule has 1 aliphatic heterocycles. The number of hydrogen-bond donors (Lipinski definition) is 1. The first-order valence-corrected chi connectivity index (χ1v) is 10.5. The Morgan fingerprint density at radius 1 is 1.08 bits per heavy atom. The van der Waals surface area contributed by atoms with E-state index in [1.54, 1.807) is 12.4 Å². The molecule has 0 atom stereocenters. The Kier molecular flexibility index (Phi) is 4.13. The Balaban J connectivity index is 1.14. The number of anilines is 1. The van der Waals surface area contributed by atoms with Crippen molar-refractivity contribution in [2.24, 2.45) is 29.1 Å². The fraction of sp³-hybridized carbons (Fsp3) is 0.762. The van der Waals surface area contributed by atoms with Gasteiger partial charge in [-0.15, -0.1) is 0 Å². The minimum atomic E-state index is 0.164. The van der Waals surface area contributed by atoms with Gasteiger partial charge in [0.1, 0.15) is 5.82 Å². The Morgan fingerprint density at radius 3 is 2.31 bits per heavy atom. The smallest absolute Gasteiger partial charge is 0.223 e. The van der Waals surface area contributed by atoms with Gasteiger partial charge in [-0.1, -0.05) is 0 Å². The largest absolute Gasteiger partial charge is 0.355 e. The highest BCUT2D eigenvalue weighted by Gasteiger charge is 2.50. The third kappa shape index (κ3) is 3.10. The zero-order valence-corrected chi connectivity index (χ0v) is 15.6. The van der Waals surface area contributed by atoms with Crippen LogP contribution in [0.15, 0.2) is 18.6 Å². The van der Waals surface area contributed by atoms with Gasteiger partial charge in [0.2, 0.25) is 5.91 Å². The number of aromatic nitrogens is 2. The summed E-state index contributed by atoms with van der Waals surface area (Å²) in [4.78, 5) is 23.6. The second-order valence-corrected chi connectivity index (χ2v) is 9.46. The summed E-state index contributed by atoms with van der Waals surface area (Å²) in [6.07, 6.45) is 15.6. The number of rotatable bonds is 4. The molecule has 6 rings (SSSR count). The van der Waals surface area contributed by atoms with E-state index in [1.807, 2.05) is 6.20 Å². The monoisotopic (exact) mass is 354 g/mol. The van der Waals surface area contributed by atoms with Gasteiger partial charge in [-0.3, -0.25) is 9.78 Å². The third-order valence-electron chi connectivity index (χ3n) is 7.54. The third-order valence-corrected chi connectivity index (χ3v) is 7.54. The first-order valence-electron chi connectivity index (χ1n) is 10.5. The number of carbonyl (C=O) groups is 1. The van der Waals surface area contributed by atoms with Crippen molar-refractivity contribution < 1.29 is 4.79 Å². The summed E-state index contributed by atoms with van der Waals surface area (Å²) >= 11 is 0. The molecule has 5 nitrogen and oxygen atoms in total. The Bertz CT molecular complexity index is 618. The first kappa shape index (κ1) is 16.5. The molecule has 1 aromatic rings. The molecule has 0 radical (unpaired) electrons. The minimum absolute atomic E-state index is 0.164. The molecule has 0 aromatic carbocycles. The molecule has 140 valence electrons. The molecule has 5 fully saturated rings. The predicted molar refractivity (Wildman–Crippen MR) is 101 cm³/mol. The van der Waals surface area contributed by atoms with Gasteiger partial charge in [0, 0.05) is 37.9 Å². The van der Waals surface area contributed by atoms with E-state index in [-0.39, 0.29) is 5.92 Å². The van der Waals surface area contributed by atoms with Gasteiger partial charge in [0.25, 0.3) is 0 Å². The molecule has 1 N–H and O–H groups in total. The zero-order chi connectivity index (χ0) is 17.6. The maximum Gasteiger partial charge on any atom is 0.223 e. The summed E-state index contributed by atoms with van der Waals surface area (Å²) < 4.78 is 0. The van der Waals surface area contributed by atoms with Gasteiger partial charge >= 0.3 is 0 Å². The van der Waals surface area contributed by atoms with E-state index in [1.165, 1.54) is 38.5 Å². The van der Waals surface area contributed by atoms with Crippen LogP contribution in [0.1, 0.15) is 51.4 Å². The van der Waals surface area contributed by atoms with E-state index in [0.29, 0.717) is 11.3 Å². The average Bonchev–Trinajstić information content (AvgIpc) is 2.66. The Hall–Kier alpha value is -1.65. The van der Waals surface area contributed by atoms with Crippen LogP contribution >= 0.6 is 0 Å². The van der Waals surface area contributed by atoms with Crippen LogP contribution in [0.4, 0.5) is 5.82 Å². The number of hydrogen-bond acceptors (Lipinski definition) is 4. The highest BCUT2D eigenvalue weighted by Crippen LogP contribution is 2.59. The second kappa shape index (κ2) is 6.50. The second-order valence-electron chi connectivity index (χ2n) is 9.46. The average molecular weight is 354 g/mol. The summed E-state index contributed by atoms with van der Waals surface area (Å²) in [7, 11) is 0. The molecule has 5 aliphatic rings. The molecular weight excluding hydrogens is 324 g/mol. The Labute approximate surface area is 156 Å². The number of piperidine rings is 1. The van der Waals surface area contributed by atoms with Gasteiger partial charge in [-0.25, -0.2) is 4.98 Å². The summed E-state index contributed by atoms with van der Waals surface area (Å²) in [6, 6.07) is 0. The summed E-state index contributed by atoms with van der Waals surface area (Å²) in [5.74, 6) is 4.24. The van der Waals surface area contributed by atoms with Gasteiger partial charge in [-0.2, -0.15) is 0 Å². The lowest BCUT2D eigenvalue weighted by molar-refractivity contribution is -0.127. The number of nitrogens with one attached hydrogen (secondary N) is 1. The van der Waals surface area contributed by atoms with Crippen molar-refractivity contribution in [2.45, 2.75) is 51.4 Å². The molecule has 4 aliphatic carbocycles. The van der Waals surface area contributed by atoms with Gasteiger partial charge in [0.15, 0.2) is 0 Å². The van der Waals surface area contributed by atoms with E-state index < -0.39 is 0 Å². The van der Waals surface area contributed by atoms with Crippen LogP contribution < -0.4 is 10.2 Å². The molecule has 26 heavy (non-hydrogen) atoms. The normalized spacial score (nSPS) is 36.3. The number of amides is 1. The zero-order valence-electron chi connectivity index (χ0n) is 15.6. The molecule has 2 heterocycles. The van der Waals surface area contributed by atoms with Gasteiger partial charge in [0.05, 0.1) is 6.20 Å². The van der Waals surface area contributed by atoms with Crippen molar-refractivity contribution in [3.8, 4) is 0 Å². The highest BCUT2D eigenvalue weighted by atomic mass is 16.1. The topological polar surface area (TPSA) is 58.1 Å². The Morgan fingerprint density at radius 2 is 1.73 bits per heavy atom. The summed E-state index contributed by atoms with van der Waals surface area (Å²) in [5.41, 5.74) is 0.435. The molecule has 4 bridgehead atoms. The molecule has 0 unspecified atom stereocenters. The maximum atomic E-state index is 12.8. The standard InChI is InChI=1S/C21H30N4O/c26-20(18-1-5-25(6-2-18)19-13-22-3-4-23-19)24-14-21-10-15-7-16(11-21)9-17(8-15)12-21/h3-4,13,15-18H,1-2,5-12,14H2,(H,24,26). The van der Waals surface area contributed by atoms with E-state index in [0.717, 1.165) is 56.0 Å². The van der Waals surface area contributed by atoms with E-state index >= 15 is 0 Å². The predicted octanol–water partition coefficient (Wildman–Crippen LogP) is 3.03. The molecule has 1 saturated heterocycles. The fourth-order valence-corrected chi connectivity index (χ4v) is 6.75. The SMILES string of the molecule is O=C(NCC12CC3CC(CC(C3)C1)C2)C1CCN(c2cnccn2)CC1. The van der Waals surface area contributed by atoms with Crippen molar-refractivity contribution in [1.29, 1.82) is 0 Å². The van der Waals surface area contributed by atoms with Crippen LogP contribution in [0.2, 0.25) is 0 Å². The van der Waals surface area contributed by atoms with Crippen LogP contribution in [-0.4, -0.2) is 35.5 Å². The van der Waals surface area contributed by atoms with Gasteiger partial charge < -0.3 is 10.2 Å². The van der Waals surface area contributed by atoms with Crippen LogP contribution in [0.3, 0.4) is 0 Å².